The Kier molecular flexibility index (Phi) is 6.33. The van der Waals surface area contributed by atoms with Crippen LogP contribution in [0.15, 0.2) is 48.7 Å². The predicted octanol–water partition coefficient (Wildman–Crippen LogP) is 3.28. The molecule has 1 saturated heterocycles. The lowest BCUT2D eigenvalue weighted by atomic mass is 10.1. The van der Waals surface area contributed by atoms with Crippen LogP contribution in [0, 0.1) is 13.8 Å². The minimum Gasteiger partial charge on any atom is -0.369 e. The lowest BCUT2D eigenvalue weighted by Gasteiger charge is -2.37. The van der Waals surface area contributed by atoms with Crippen molar-refractivity contribution in [3.63, 3.8) is 0 Å². The fourth-order valence-electron chi connectivity index (χ4n) is 4.09. The predicted molar refractivity (Wildman–Crippen MR) is 121 cm³/mol. The number of benzene rings is 1. The summed E-state index contributed by atoms with van der Waals surface area (Å²) in [5.41, 5.74) is 5.55. The molecule has 1 N–H and O–H groups in total. The Morgan fingerprint density at radius 2 is 1.87 bits per heavy atom. The lowest BCUT2D eigenvalue weighted by Crippen LogP contribution is -2.47. The Labute approximate surface area is 178 Å². The molecule has 4 rings (SSSR count). The van der Waals surface area contributed by atoms with E-state index in [1.165, 1.54) is 16.8 Å². The number of hydrogen-bond donors (Lipinski definition) is 1. The summed E-state index contributed by atoms with van der Waals surface area (Å²) in [4.78, 5) is 17.3. The van der Waals surface area contributed by atoms with Crippen molar-refractivity contribution in [3.8, 4) is 0 Å². The third-order valence-electron chi connectivity index (χ3n) is 6.08. The van der Waals surface area contributed by atoms with E-state index in [-0.39, 0.29) is 5.91 Å². The molecule has 0 atom stereocenters. The van der Waals surface area contributed by atoms with Crippen molar-refractivity contribution in [2.24, 2.45) is 0 Å². The van der Waals surface area contributed by atoms with Crippen LogP contribution in [0.1, 0.15) is 34.5 Å². The second-order valence-corrected chi connectivity index (χ2v) is 8.11. The number of pyridine rings is 1. The number of unbranched alkanes of at least 4 members (excludes halogenated alkanes) is 1. The number of nitrogens with zero attached hydrogens (tertiary/aromatic N) is 4. The van der Waals surface area contributed by atoms with Crippen molar-refractivity contribution in [1.29, 1.82) is 0 Å². The molecule has 0 aliphatic carbocycles. The summed E-state index contributed by atoms with van der Waals surface area (Å²) in [6.07, 6.45) is 3.93. The number of anilines is 1. The molecular formula is C24H31N5O. The van der Waals surface area contributed by atoms with E-state index in [0.29, 0.717) is 12.2 Å². The van der Waals surface area contributed by atoms with Crippen LogP contribution in [0.5, 0.6) is 0 Å². The molecule has 3 aromatic rings. The summed E-state index contributed by atoms with van der Waals surface area (Å²) in [5.74, 6) is -0.0964. The molecule has 0 unspecified atom stereocenters. The lowest BCUT2D eigenvalue weighted by molar-refractivity contribution is 0.0947. The van der Waals surface area contributed by atoms with Crippen LogP contribution in [0.2, 0.25) is 0 Å². The van der Waals surface area contributed by atoms with Gasteiger partial charge >= 0.3 is 0 Å². The molecule has 30 heavy (non-hydrogen) atoms. The molecular weight excluding hydrogens is 374 g/mol. The highest BCUT2D eigenvalue weighted by Gasteiger charge is 2.18. The number of carbonyl (C=O) groups excluding carboxylic acids is 1. The highest BCUT2D eigenvalue weighted by atomic mass is 16.1. The molecule has 6 heteroatoms. The monoisotopic (exact) mass is 405 g/mol. The van der Waals surface area contributed by atoms with Crippen LogP contribution in [0.25, 0.3) is 5.52 Å². The zero-order chi connectivity index (χ0) is 20.9. The van der Waals surface area contributed by atoms with Crippen LogP contribution in [-0.2, 0) is 0 Å². The van der Waals surface area contributed by atoms with E-state index in [0.717, 1.165) is 51.1 Å². The van der Waals surface area contributed by atoms with Crippen LogP contribution in [0.4, 0.5) is 5.69 Å². The van der Waals surface area contributed by atoms with Gasteiger partial charge in [0.25, 0.3) is 5.91 Å². The van der Waals surface area contributed by atoms with Gasteiger partial charge in [-0.1, -0.05) is 18.2 Å². The average molecular weight is 406 g/mol. The zero-order valence-corrected chi connectivity index (χ0v) is 18.0. The van der Waals surface area contributed by atoms with Crippen molar-refractivity contribution in [1.82, 2.24) is 19.8 Å². The van der Waals surface area contributed by atoms with Crippen molar-refractivity contribution in [2.75, 3.05) is 44.2 Å². The maximum absolute atomic E-state index is 12.3. The number of piperazine rings is 1. The molecule has 1 aliphatic rings. The van der Waals surface area contributed by atoms with Crippen molar-refractivity contribution in [3.05, 3.63) is 65.5 Å². The van der Waals surface area contributed by atoms with Gasteiger partial charge in [0.15, 0.2) is 5.69 Å². The van der Waals surface area contributed by atoms with Gasteiger partial charge in [-0.15, -0.1) is 0 Å². The smallest absolute Gasteiger partial charge is 0.271 e. The first-order valence-corrected chi connectivity index (χ1v) is 10.9. The van der Waals surface area contributed by atoms with E-state index >= 15 is 0 Å². The summed E-state index contributed by atoms with van der Waals surface area (Å²) in [7, 11) is 0. The molecule has 1 aromatic carbocycles. The van der Waals surface area contributed by atoms with Gasteiger partial charge in [0, 0.05) is 44.6 Å². The SMILES string of the molecule is Cc1cccc(N2CCN(CCCCNC(=O)c3cc4ccccn4n3)CC2)c1C. The largest absolute Gasteiger partial charge is 0.369 e. The van der Waals surface area contributed by atoms with E-state index < -0.39 is 0 Å². The number of amides is 1. The molecule has 158 valence electrons. The van der Waals surface area contributed by atoms with Gasteiger partial charge in [-0.05, 0) is 68.6 Å². The van der Waals surface area contributed by atoms with Crippen LogP contribution < -0.4 is 10.2 Å². The normalized spacial score (nSPS) is 14.9. The Bertz CT molecular complexity index is 971. The Hall–Kier alpha value is -2.86. The average Bonchev–Trinajstić information content (AvgIpc) is 3.20. The molecule has 2 aromatic heterocycles. The molecule has 3 heterocycles. The van der Waals surface area contributed by atoms with E-state index in [2.05, 4.69) is 52.3 Å². The molecule has 1 fully saturated rings. The molecule has 0 spiro atoms. The third-order valence-corrected chi connectivity index (χ3v) is 6.08. The summed E-state index contributed by atoms with van der Waals surface area (Å²) in [5, 5.41) is 7.32. The maximum atomic E-state index is 12.3. The molecule has 1 aliphatic heterocycles. The summed E-state index contributed by atoms with van der Waals surface area (Å²) < 4.78 is 1.73. The number of aryl methyl sites for hydroxylation is 1. The Morgan fingerprint density at radius 3 is 2.67 bits per heavy atom. The van der Waals surface area contributed by atoms with E-state index in [4.69, 9.17) is 0 Å². The van der Waals surface area contributed by atoms with Crippen LogP contribution >= 0.6 is 0 Å². The standard InChI is InChI=1S/C24H31N5O/c1-19-8-7-10-23(20(19)2)28-16-14-27(15-17-28)12-6-4-11-25-24(30)22-18-21-9-3-5-13-29(21)26-22/h3,5,7-10,13,18H,4,6,11-12,14-17H2,1-2H3,(H,25,30). The van der Waals surface area contributed by atoms with Crippen LogP contribution in [0.3, 0.4) is 0 Å². The summed E-state index contributed by atoms with van der Waals surface area (Å²) in [6, 6.07) is 14.2. The van der Waals surface area contributed by atoms with Gasteiger partial charge in [0.1, 0.15) is 0 Å². The second-order valence-electron chi connectivity index (χ2n) is 8.11. The first kappa shape index (κ1) is 20.4. The zero-order valence-electron chi connectivity index (χ0n) is 18.0. The Balaban J connectivity index is 1.15. The first-order chi connectivity index (χ1) is 14.6. The molecule has 0 bridgehead atoms. The number of hydrogen-bond acceptors (Lipinski definition) is 4. The molecule has 1 amide bonds. The first-order valence-electron chi connectivity index (χ1n) is 10.9. The number of carbonyl (C=O) groups is 1. The molecule has 6 nitrogen and oxygen atoms in total. The highest BCUT2D eigenvalue weighted by Crippen LogP contribution is 2.23. The quantitative estimate of drug-likeness (QED) is 0.613. The Morgan fingerprint density at radius 1 is 1.03 bits per heavy atom. The van der Waals surface area contributed by atoms with Gasteiger partial charge in [-0.3, -0.25) is 9.69 Å². The van der Waals surface area contributed by atoms with Gasteiger partial charge in [0.05, 0.1) is 5.52 Å². The molecule has 0 saturated carbocycles. The van der Waals surface area contributed by atoms with Crippen molar-refractivity contribution >= 4 is 17.1 Å². The van der Waals surface area contributed by atoms with Crippen LogP contribution in [-0.4, -0.2) is 59.7 Å². The minimum atomic E-state index is -0.0964. The van der Waals surface area contributed by atoms with E-state index in [1.54, 1.807) is 4.52 Å². The number of fused-ring (bicyclic) bond motifs is 1. The topological polar surface area (TPSA) is 52.9 Å². The van der Waals surface area contributed by atoms with Gasteiger partial charge in [0.2, 0.25) is 0 Å². The highest BCUT2D eigenvalue weighted by molar-refractivity contribution is 5.93. The van der Waals surface area contributed by atoms with E-state index in [1.807, 2.05) is 30.5 Å². The maximum Gasteiger partial charge on any atom is 0.271 e. The van der Waals surface area contributed by atoms with Gasteiger partial charge in [-0.2, -0.15) is 5.10 Å². The number of nitrogens with one attached hydrogen (secondary N) is 1. The summed E-state index contributed by atoms with van der Waals surface area (Å²) in [6.45, 7) is 10.5. The van der Waals surface area contributed by atoms with Crippen molar-refractivity contribution in [2.45, 2.75) is 26.7 Å². The number of rotatable bonds is 7. The van der Waals surface area contributed by atoms with Gasteiger partial charge in [-0.25, -0.2) is 4.52 Å². The second kappa shape index (κ2) is 9.30. The fourth-order valence-corrected chi connectivity index (χ4v) is 4.09. The van der Waals surface area contributed by atoms with E-state index in [9.17, 15) is 4.79 Å². The minimum absolute atomic E-state index is 0.0964. The summed E-state index contributed by atoms with van der Waals surface area (Å²) >= 11 is 0. The van der Waals surface area contributed by atoms with Gasteiger partial charge < -0.3 is 10.2 Å². The fraction of sp³-hybridized carbons (Fsp3) is 0.417. The number of aromatic nitrogens is 2. The molecule has 0 radical (unpaired) electrons. The third kappa shape index (κ3) is 4.65. The van der Waals surface area contributed by atoms with Crippen molar-refractivity contribution < 1.29 is 4.79 Å².